The molecule has 0 radical (unpaired) electrons. The predicted octanol–water partition coefficient (Wildman–Crippen LogP) is 1.75. The molecule has 1 aromatic rings. The molecule has 0 spiro atoms. The minimum Gasteiger partial charge on any atom is -0.391 e. The Bertz CT molecular complexity index is 428. The fourth-order valence-electron chi connectivity index (χ4n) is 1.98. The molecule has 0 amide bonds. The van der Waals surface area contributed by atoms with Crippen LogP contribution in [0.1, 0.15) is 19.8 Å². The third-order valence-electron chi connectivity index (χ3n) is 2.92. The van der Waals surface area contributed by atoms with Gasteiger partial charge in [0.15, 0.2) is 23.3 Å². The molecule has 0 bridgehead atoms. The second-order valence-corrected chi connectivity index (χ2v) is 4.44. The highest BCUT2D eigenvalue weighted by molar-refractivity contribution is 5.50. The Morgan fingerprint density at radius 2 is 2.28 bits per heavy atom. The molecule has 18 heavy (non-hydrogen) atoms. The van der Waals surface area contributed by atoms with Crippen molar-refractivity contribution >= 4 is 11.6 Å². The van der Waals surface area contributed by atoms with Crippen LogP contribution in [-0.4, -0.2) is 35.8 Å². The van der Waals surface area contributed by atoms with Crippen LogP contribution in [0.3, 0.4) is 0 Å². The van der Waals surface area contributed by atoms with Crippen LogP contribution in [-0.2, 0) is 0 Å². The zero-order chi connectivity index (χ0) is 13.1. The molecule has 1 atom stereocenters. The van der Waals surface area contributed by atoms with Gasteiger partial charge in [0.05, 0.1) is 6.10 Å². The number of nitrogens with zero attached hydrogens (tertiary/aromatic N) is 2. The van der Waals surface area contributed by atoms with Crippen LogP contribution in [0, 0.1) is 11.6 Å². The van der Waals surface area contributed by atoms with Gasteiger partial charge in [0, 0.05) is 25.7 Å². The van der Waals surface area contributed by atoms with E-state index in [-0.39, 0.29) is 11.6 Å². The average molecular weight is 257 g/mol. The van der Waals surface area contributed by atoms with E-state index in [9.17, 15) is 13.9 Å². The van der Waals surface area contributed by atoms with Gasteiger partial charge in [-0.05, 0) is 12.8 Å². The van der Waals surface area contributed by atoms with Crippen molar-refractivity contribution in [3.8, 4) is 0 Å². The van der Waals surface area contributed by atoms with Gasteiger partial charge in [0.2, 0.25) is 0 Å². The number of aromatic nitrogens is 1. The van der Waals surface area contributed by atoms with Gasteiger partial charge in [0.1, 0.15) is 0 Å². The summed E-state index contributed by atoms with van der Waals surface area (Å²) in [5.41, 5.74) is 0. The van der Waals surface area contributed by atoms with E-state index in [2.05, 4.69) is 10.3 Å². The molecule has 2 rings (SSSR count). The molecule has 1 saturated heterocycles. The topological polar surface area (TPSA) is 48.4 Å². The lowest BCUT2D eigenvalue weighted by Gasteiger charge is -2.18. The van der Waals surface area contributed by atoms with E-state index in [1.165, 1.54) is 0 Å². The first-order valence-electron chi connectivity index (χ1n) is 6.14. The summed E-state index contributed by atoms with van der Waals surface area (Å²) in [6, 6.07) is 0.838. The Hall–Kier alpha value is -1.43. The van der Waals surface area contributed by atoms with Gasteiger partial charge in [-0.15, -0.1) is 0 Å². The van der Waals surface area contributed by atoms with Crippen LogP contribution in [0.4, 0.5) is 20.4 Å². The third kappa shape index (κ3) is 2.69. The normalized spacial score (nSPS) is 19.3. The highest BCUT2D eigenvalue weighted by atomic mass is 19.1. The molecular formula is C12H17F2N3O. The summed E-state index contributed by atoms with van der Waals surface area (Å²) in [5, 5.41) is 12.3. The number of rotatable bonds is 4. The number of hydrogen-bond acceptors (Lipinski definition) is 4. The number of aliphatic hydroxyl groups excluding tert-OH is 1. The van der Waals surface area contributed by atoms with E-state index in [1.54, 1.807) is 4.90 Å². The zero-order valence-electron chi connectivity index (χ0n) is 10.3. The smallest absolute Gasteiger partial charge is 0.168 e. The summed E-state index contributed by atoms with van der Waals surface area (Å²) in [5.74, 6) is -1.21. The summed E-state index contributed by atoms with van der Waals surface area (Å²) in [6.07, 6.45) is 0.940. The van der Waals surface area contributed by atoms with Crippen LogP contribution in [0.15, 0.2) is 6.07 Å². The van der Waals surface area contributed by atoms with Gasteiger partial charge in [0.25, 0.3) is 0 Å². The van der Waals surface area contributed by atoms with E-state index in [1.807, 2.05) is 6.92 Å². The average Bonchev–Trinajstić information content (AvgIpc) is 2.74. The molecule has 0 aromatic carbocycles. The van der Waals surface area contributed by atoms with Crippen LogP contribution < -0.4 is 10.2 Å². The number of halogens is 2. The van der Waals surface area contributed by atoms with Crippen molar-refractivity contribution in [2.24, 2.45) is 0 Å². The van der Waals surface area contributed by atoms with Crippen LogP contribution in [0.2, 0.25) is 0 Å². The Morgan fingerprint density at radius 3 is 2.89 bits per heavy atom. The maximum atomic E-state index is 13.7. The molecule has 0 saturated carbocycles. The summed E-state index contributed by atoms with van der Waals surface area (Å²) >= 11 is 0. The molecule has 4 nitrogen and oxygen atoms in total. The molecule has 0 aliphatic carbocycles. The Balaban J connectivity index is 2.23. The number of hydrogen-bond donors (Lipinski definition) is 2. The Kier molecular flexibility index (Phi) is 3.96. The number of pyridine rings is 1. The van der Waals surface area contributed by atoms with Crippen molar-refractivity contribution in [2.45, 2.75) is 25.9 Å². The van der Waals surface area contributed by atoms with E-state index >= 15 is 0 Å². The minimum atomic E-state index is -0.691. The van der Waals surface area contributed by atoms with E-state index in [0.717, 1.165) is 12.5 Å². The maximum absolute atomic E-state index is 13.7. The van der Waals surface area contributed by atoms with Crippen molar-refractivity contribution in [3.63, 3.8) is 0 Å². The highest BCUT2D eigenvalue weighted by Gasteiger charge is 2.25. The monoisotopic (exact) mass is 257 g/mol. The molecular weight excluding hydrogens is 240 g/mol. The van der Waals surface area contributed by atoms with Gasteiger partial charge in [-0.2, -0.15) is 0 Å². The van der Waals surface area contributed by atoms with Gasteiger partial charge in [-0.1, -0.05) is 6.92 Å². The summed E-state index contributed by atoms with van der Waals surface area (Å²) < 4.78 is 27.2. The lowest BCUT2D eigenvalue weighted by molar-refractivity contribution is 0.198. The molecule has 1 aromatic heterocycles. The van der Waals surface area contributed by atoms with Crippen LogP contribution >= 0.6 is 0 Å². The minimum absolute atomic E-state index is 0.0645. The van der Waals surface area contributed by atoms with Gasteiger partial charge >= 0.3 is 0 Å². The van der Waals surface area contributed by atoms with Gasteiger partial charge in [-0.3, -0.25) is 0 Å². The SMILES string of the molecule is CCCNc1nc(N2CCC(O)C2)c(F)cc1F. The second kappa shape index (κ2) is 5.48. The summed E-state index contributed by atoms with van der Waals surface area (Å²) in [7, 11) is 0. The first-order valence-corrected chi connectivity index (χ1v) is 6.14. The number of nitrogens with one attached hydrogen (secondary N) is 1. The first kappa shape index (κ1) is 13.0. The highest BCUT2D eigenvalue weighted by Crippen LogP contribution is 2.25. The predicted molar refractivity (Wildman–Crippen MR) is 65.8 cm³/mol. The van der Waals surface area contributed by atoms with Crippen LogP contribution in [0.25, 0.3) is 0 Å². The molecule has 2 heterocycles. The molecule has 1 aliphatic rings. The molecule has 100 valence electrons. The van der Waals surface area contributed by atoms with Gasteiger partial charge in [-0.25, -0.2) is 13.8 Å². The maximum Gasteiger partial charge on any atom is 0.168 e. The zero-order valence-corrected chi connectivity index (χ0v) is 10.3. The number of anilines is 2. The fourth-order valence-corrected chi connectivity index (χ4v) is 1.98. The van der Waals surface area contributed by atoms with E-state index < -0.39 is 17.7 Å². The number of β-amino-alcohol motifs (C(OH)–C–C–N with tert-alkyl or cyclic N) is 1. The van der Waals surface area contributed by atoms with Crippen molar-refractivity contribution < 1.29 is 13.9 Å². The number of aliphatic hydroxyl groups is 1. The third-order valence-corrected chi connectivity index (χ3v) is 2.92. The molecule has 2 N–H and O–H groups in total. The lowest BCUT2D eigenvalue weighted by atomic mass is 10.3. The van der Waals surface area contributed by atoms with E-state index in [4.69, 9.17) is 0 Å². The quantitative estimate of drug-likeness (QED) is 0.862. The van der Waals surface area contributed by atoms with Crippen molar-refractivity contribution in [2.75, 3.05) is 29.9 Å². The first-order chi connectivity index (χ1) is 8.61. The summed E-state index contributed by atoms with van der Waals surface area (Å²) in [6.45, 7) is 3.40. The molecule has 1 fully saturated rings. The molecule has 1 unspecified atom stereocenters. The fraction of sp³-hybridized carbons (Fsp3) is 0.583. The largest absolute Gasteiger partial charge is 0.391 e. The molecule has 6 heteroatoms. The Labute approximate surface area is 105 Å². The van der Waals surface area contributed by atoms with Crippen molar-refractivity contribution in [1.29, 1.82) is 0 Å². The van der Waals surface area contributed by atoms with Crippen molar-refractivity contribution in [1.82, 2.24) is 4.98 Å². The van der Waals surface area contributed by atoms with Crippen molar-refractivity contribution in [3.05, 3.63) is 17.7 Å². The van der Waals surface area contributed by atoms with Gasteiger partial charge < -0.3 is 15.3 Å². The second-order valence-electron chi connectivity index (χ2n) is 4.44. The standard InChI is InChI=1S/C12H17F2N3O/c1-2-4-15-11-9(13)6-10(14)12(16-11)17-5-3-8(18)7-17/h6,8,18H,2-5,7H2,1H3,(H,15,16). The van der Waals surface area contributed by atoms with E-state index in [0.29, 0.717) is 26.1 Å². The Morgan fingerprint density at radius 1 is 1.50 bits per heavy atom. The molecule has 1 aliphatic heterocycles. The summed E-state index contributed by atoms with van der Waals surface area (Å²) in [4.78, 5) is 5.61. The lowest BCUT2D eigenvalue weighted by Crippen LogP contribution is -2.24. The van der Waals surface area contributed by atoms with Crippen LogP contribution in [0.5, 0.6) is 0 Å².